The maximum atomic E-state index is 12.2. The van der Waals surface area contributed by atoms with Gasteiger partial charge in [-0.3, -0.25) is 10.2 Å². The molecule has 7 nitrogen and oxygen atoms in total. The molecule has 146 valence electrons. The first-order chi connectivity index (χ1) is 13.6. The SMILES string of the molecule is CC(C)Oc1ccc(NC(=O)OC2CCN(c3[nH+]cnc4ccsc34)C2)cc1. The summed E-state index contributed by atoms with van der Waals surface area (Å²) >= 11 is 1.66. The summed E-state index contributed by atoms with van der Waals surface area (Å²) in [6.07, 6.45) is 2.02. The molecule has 0 spiro atoms. The number of carbonyl (C=O) groups is 1. The van der Waals surface area contributed by atoms with E-state index in [2.05, 4.69) is 20.2 Å². The Bertz CT molecular complexity index is 957. The Morgan fingerprint density at radius 1 is 1.32 bits per heavy atom. The van der Waals surface area contributed by atoms with Crippen molar-refractivity contribution < 1.29 is 19.3 Å². The molecule has 1 fully saturated rings. The van der Waals surface area contributed by atoms with E-state index in [1.54, 1.807) is 29.8 Å². The fourth-order valence-electron chi connectivity index (χ4n) is 3.26. The minimum absolute atomic E-state index is 0.113. The zero-order valence-electron chi connectivity index (χ0n) is 15.8. The fraction of sp³-hybridized carbons (Fsp3) is 0.350. The third kappa shape index (κ3) is 4.17. The lowest BCUT2D eigenvalue weighted by molar-refractivity contribution is -0.366. The molecule has 1 aliphatic rings. The van der Waals surface area contributed by atoms with Gasteiger partial charge in [0.05, 0.1) is 12.6 Å². The number of rotatable bonds is 5. The number of hydrogen-bond donors (Lipinski definition) is 1. The number of anilines is 2. The quantitative estimate of drug-likeness (QED) is 0.707. The zero-order valence-corrected chi connectivity index (χ0v) is 16.7. The van der Waals surface area contributed by atoms with Gasteiger partial charge in [-0.15, -0.1) is 16.3 Å². The largest absolute Gasteiger partial charge is 0.491 e. The van der Waals surface area contributed by atoms with E-state index in [4.69, 9.17) is 9.47 Å². The van der Waals surface area contributed by atoms with Gasteiger partial charge in [0.1, 0.15) is 23.1 Å². The van der Waals surface area contributed by atoms with Gasteiger partial charge in [0.15, 0.2) is 5.52 Å². The third-order valence-corrected chi connectivity index (χ3v) is 5.38. The smallest absolute Gasteiger partial charge is 0.412 e. The number of fused-ring (bicyclic) bond motifs is 1. The molecule has 0 aliphatic carbocycles. The van der Waals surface area contributed by atoms with Crippen molar-refractivity contribution in [2.45, 2.75) is 32.5 Å². The van der Waals surface area contributed by atoms with Crippen LogP contribution in [0.1, 0.15) is 20.3 Å². The molecule has 8 heteroatoms. The minimum Gasteiger partial charge on any atom is -0.491 e. The Morgan fingerprint density at radius 3 is 2.93 bits per heavy atom. The summed E-state index contributed by atoms with van der Waals surface area (Å²) in [5.74, 6) is 1.81. The van der Waals surface area contributed by atoms with Crippen molar-refractivity contribution in [3.05, 3.63) is 42.0 Å². The van der Waals surface area contributed by atoms with E-state index in [9.17, 15) is 4.79 Å². The maximum absolute atomic E-state index is 12.2. The molecule has 2 N–H and O–H groups in total. The lowest BCUT2D eigenvalue weighted by Crippen LogP contribution is -2.30. The number of ether oxygens (including phenoxy) is 2. The van der Waals surface area contributed by atoms with Gasteiger partial charge in [0.25, 0.3) is 0 Å². The number of carbonyl (C=O) groups excluding carboxylic acids is 1. The highest BCUT2D eigenvalue weighted by molar-refractivity contribution is 7.17. The van der Waals surface area contributed by atoms with E-state index in [1.165, 1.54) is 0 Å². The predicted octanol–water partition coefficient (Wildman–Crippen LogP) is 3.73. The van der Waals surface area contributed by atoms with Crippen LogP contribution in [0.15, 0.2) is 42.0 Å². The minimum atomic E-state index is -0.440. The van der Waals surface area contributed by atoms with Crippen molar-refractivity contribution in [2.75, 3.05) is 23.3 Å². The van der Waals surface area contributed by atoms with Crippen LogP contribution in [0.2, 0.25) is 0 Å². The second-order valence-electron chi connectivity index (χ2n) is 6.96. The van der Waals surface area contributed by atoms with Crippen LogP contribution in [-0.4, -0.2) is 36.4 Å². The van der Waals surface area contributed by atoms with Gasteiger partial charge in [0.2, 0.25) is 12.1 Å². The number of aromatic amines is 1. The number of thiophene rings is 1. The van der Waals surface area contributed by atoms with Crippen LogP contribution < -0.4 is 19.9 Å². The van der Waals surface area contributed by atoms with Crippen molar-refractivity contribution in [1.29, 1.82) is 0 Å². The topological polar surface area (TPSA) is 77.8 Å². The average molecular weight is 399 g/mol. The Balaban J connectivity index is 1.33. The van der Waals surface area contributed by atoms with Crippen LogP contribution in [0.3, 0.4) is 0 Å². The maximum Gasteiger partial charge on any atom is 0.412 e. The summed E-state index contributed by atoms with van der Waals surface area (Å²) in [5.41, 5.74) is 1.66. The third-order valence-electron chi connectivity index (χ3n) is 4.47. The number of H-pyrrole nitrogens is 1. The van der Waals surface area contributed by atoms with Crippen LogP contribution >= 0.6 is 11.3 Å². The van der Waals surface area contributed by atoms with Gasteiger partial charge in [-0.1, -0.05) is 0 Å². The predicted molar refractivity (Wildman–Crippen MR) is 109 cm³/mol. The fourth-order valence-corrected chi connectivity index (χ4v) is 4.13. The molecule has 1 atom stereocenters. The molecule has 0 bridgehead atoms. The van der Waals surface area contributed by atoms with Gasteiger partial charge < -0.3 is 9.47 Å². The second kappa shape index (κ2) is 8.02. The molecular weight excluding hydrogens is 376 g/mol. The number of hydrogen-bond acceptors (Lipinski definition) is 6. The molecule has 1 aliphatic heterocycles. The number of benzene rings is 1. The summed E-state index contributed by atoms with van der Waals surface area (Å²) < 4.78 is 12.3. The summed E-state index contributed by atoms with van der Waals surface area (Å²) in [6.45, 7) is 5.43. The Morgan fingerprint density at radius 2 is 2.14 bits per heavy atom. The van der Waals surface area contributed by atoms with Crippen molar-refractivity contribution in [2.24, 2.45) is 0 Å². The van der Waals surface area contributed by atoms with Crippen LogP contribution in [0.4, 0.5) is 16.3 Å². The first-order valence-corrected chi connectivity index (χ1v) is 10.2. The molecule has 1 saturated heterocycles. The number of nitrogens with zero attached hydrogens (tertiary/aromatic N) is 2. The molecular formula is C20H23N4O3S+. The highest BCUT2D eigenvalue weighted by Gasteiger charge is 2.31. The van der Waals surface area contributed by atoms with Gasteiger partial charge in [-0.25, -0.2) is 9.78 Å². The summed E-state index contributed by atoms with van der Waals surface area (Å²) in [7, 11) is 0. The van der Waals surface area contributed by atoms with E-state index in [0.29, 0.717) is 12.2 Å². The number of aromatic nitrogens is 2. The first-order valence-electron chi connectivity index (χ1n) is 9.31. The Labute approximate surface area is 167 Å². The molecule has 0 radical (unpaired) electrons. The monoisotopic (exact) mass is 399 g/mol. The van der Waals surface area contributed by atoms with E-state index in [1.807, 2.05) is 37.4 Å². The molecule has 0 saturated carbocycles. The van der Waals surface area contributed by atoms with E-state index < -0.39 is 6.09 Å². The van der Waals surface area contributed by atoms with Crippen molar-refractivity contribution in [1.82, 2.24) is 4.98 Å². The molecule has 1 amide bonds. The van der Waals surface area contributed by atoms with Crippen LogP contribution in [-0.2, 0) is 4.74 Å². The normalized spacial score (nSPS) is 16.5. The molecule has 1 unspecified atom stereocenters. The van der Waals surface area contributed by atoms with Crippen LogP contribution in [0.25, 0.3) is 10.2 Å². The summed E-state index contributed by atoms with van der Waals surface area (Å²) in [6, 6.07) is 9.28. The average Bonchev–Trinajstić information content (AvgIpc) is 3.32. The van der Waals surface area contributed by atoms with Crippen molar-refractivity contribution >= 4 is 39.2 Å². The number of amides is 1. The van der Waals surface area contributed by atoms with Crippen LogP contribution in [0.5, 0.6) is 5.75 Å². The molecule has 1 aromatic carbocycles. The summed E-state index contributed by atoms with van der Waals surface area (Å²) in [5, 5.41) is 4.81. The van der Waals surface area contributed by atoms with Crippen LogP contribution in [0, 0.1) is 0 Å². The van der Waals surface area contributed by atoms with Gasteiger partial charge in [-0.05, 0) is 49.6 Å². The van der Waals surface area contributed by atoms with E-state index >= 15 is 0 Å². The molecule has 3 heterocycles. The lowest BCUT2D eigenvalue weighted by Gasteiger charge is -2.14. The van der Waals surface area contributed by atoms with Crippen molar-refractivity contribution in [3.63, 3.8) is 0 Å². The number of nitrogens with one attached hydrogen (secondary N) is 2. The van der Waals surface area contributed by atoms with E-state index in [0.717, 1.165) is 34.7 Å². The lowest BCUT2D eigenvalue weighted by atomic mass is 10.3. The van der Waals surface area contributed by atoms with Crippen molar-refractivity contribution in [3.8, 4) is 5.75 Å². The van der Waals surface area contributed by atoms with E-state index in [-0.39, 0.29) is 12.2 Å². The molecule has 3 aromatic rings. The molecule has 28 heavy (non-hydrogen) atoms. The first kappa shape index (κ1) is 18.5. The Kier molecular flexibility index (Phi) is 5.29. The highest BCUT2D eigenvalue weighted by atomic mass is 32.1. The van der Waals surface area contributed by atoms with Gasteiger partial charge >= 0.3 is 6.09 Å². The standard InChI is InChI=1S/C20H22N4O3S/c1-13(2)26-15-5-3-14(4-6-15)23-20(25)27-16-7-9-24(11-16)19-18-17(8-10-28-18)21-12-22-19/h3-6,8,10,12-13,16H,7,9,11H2,1-2H3,(H,23,25)/p+1. The highest BCUT2D eigenvalue weighted by Crippen LogP contribution is 2.28. The zero-order chi connectivity index (χ0) is 19.5. The molecule has 2 aromatic heterocycles. The Hall–Kier alpha value is -2.87. The molecule has 4 rings (SSSR count). The van der Waals surface area contributed by atoms with Gasteiger partial charge in [-0.2, -0.15) is 0 Å². The summed E-state index contributed by atoms with van der Waals surface area (Å²) in [4.78, 5) is 22.0. The van der Waals surface area contributed by atoms with Gasteiger partial charge in [0, 0.05) is 12.1 Å². The second-order valence-corrected chi connectivity index (χ2v) is 7.88.